The monoisotopic (exact) mass is 379 g/mol. The summed E-state index contributed by atoms with van der Waals surface area (Å²) in [5.41, 5.74) is 0.408. The van der Waals surface area contributed by atoms with Crippen LogP contribution in [-0.4, -0.2) is 54.1 Å². The molecule has 26 heavy (non-hydrogen) atoms. The van der Waals surface area contributed by atoms with Crippen molar-refractivity contribution in [3.8, 4) is 0 Å². The van der Waals surface area contributed by atoms with Crippen LogP contribution in [0.2, 0.25) is 0 Å². The van der Waals surface area contributed by atoms with E-state index in [1.54, 1.807) is 5.38 Å². The molecular formula is C16H17N3O6S. The van der Waals surface area contributed by atoms with Gasteiger partial charge in [-0.05, 0) is 12.1 Å². The van der Waals surface area contributed by atoms with Crippen LogP contribution in [0.1, 0.15) is 25.9 Å². The first-order chi connectivity index (χ1) is 12.5. The Balaban J connectivity index is 2.17. The number of nitro benzene ring substituents is 1. The molecule has 0 radical (unpaired) electrons. The van der Waals surface area contributed by atoms with Crippen molar-refractivity contribution in [3.63, 3.8) is 0 Å². The first kappa shape index (κ1) is 19.5. The fourth-order valence-electron chi connectivity index (χ4n) is 2.11. The van der Waals surface area contributed by atoms with Gasteiger partial charge in [0.05, 0.1) is 25.2 Å². The van der Waals surface area contributed by atoms with Crippen molar-refractivity contribution in [1.82, 2.24) is 9.88 Å². The third kappa shape index (κ3) is 4.83. The van der Waals surface area contributed by atoms with Gasteiger partial charge in [0.15, 0.2) is 5.69 Å². The van der Waals surface area contributed by atoms with Gasteiger partial charge in [0.25, 0.3) is 11.6 Å². The fraction of sp³-hybridized carbons (Fsp3) is 0.312. The number of hydrogen-bond acceptors (Lipinski definition) is 8. The SMILES string of the molecule is COCCN(Cc1nc(C(=O)OC)cs1)C(=O)c1ccc([N+](=O)[O-])cc1. The molecule has 0 aliphatic heterocycles. The summed E-state index contributed by atoms with van der Waals surface area (Å²) in [6.45, 7) is 0.800. The van der Waals surface area contributed by atoms with Crippen molar-refractivity contribution in [2.45, 2.75) is 6.54 Å². The van der Waals surface area contributed by atoms with Crippen LogP contribution in [0.5, 0.6) is 0 Å². The molecule has 0 bridgehead atoms. The van der Waals surface area contributed by atoms with Crippen molar-refractivity contribution < 1.29 is 24.0 Å². The second-order valence-electron chi connectivity index (χ2n) is 5.14. The predicted molar refractivity (Wildman–Crippen MR) is 93.2 cm³/mol. The zero-order valence-electron chi connectivity index (χ0n) is 14.2. The molecule has 1 amide bonds. The fourth-order valence-corrected chi connectivity index (χ4v) is 2.89. The third-order valence-corrected chi connectivity index (χ3v) is 4.28. The number of nitrogens with zero attached hydrogens (tertiary/aromatic N) is 3. The van der Waals surface area contributed by atoms with Crippen LogP contribution in [0, 0.1) is 10.1 Å². The summed E-state index contributed by atoms with van der Waals surface area (Å²) in [5, 5.41) is 12.9. The molecule has 0 aliphatic carbocycles. The average molecular weight is 379 g/mol. The number of benzene rings is 1. The van der Waals surface area contributed by atoms with Gasteiger partial charge in [-0.15, -0.1) is 11.3 Å². The molecule has 1 aromatic carbocycles. The van der Waals surface area contributed by atoms with E-state index in [1.165, 1.54) is 54.7 Å². The van der Waals surface area contributed by atoms with E-state index in [4.69, 9.17) is 4.74 Å². The number of amides is 1. The van der Waals surface area contributed by atoms with Crippen LogP contribution < -0.4 is 0 Å². The van der Waals surface area contributed by atoms with Crippen molar-refractivity contribution in [3.05, 3.63) is 56.0 Å². The topological polar surface area (TPSA) is 112 Å². The summed E-state index contributed by atoms with van der Waals surface area (Å²) < 4.78 is 9.65. The summed E-state index contributed by atoms with van der Waals surface area (Å²) in [7, 11) is 2.79. The Labute approximate surface area is 153 Å². The number of ether oxygens (including phenoxy) is 2. The maximum Gasteiger partial charge on any atom is 0.357 e. The van der Waals surface area contributed by atoms with Gasteiger partial charge in [-0.2, -0.15) is 0 Å². The molecule has 0 N–H and O–H groups in total. The van der Waals surface area contributed by atoms with E-state index in [-0.39, 0.29) is 23.8 Å². The minimum Gasteiger partial charge on any atom is -0.464 e. The Hall–Kier alpha value is -2.85. The number of rotatable bonds is 8. The summed E-state index contributed by atoms with van der Waals surface area (Å²) in [5.74, 6) is -0.857. The standard InChI is InChI=1S/C16H17N3O6S/c1-24-8-7-18(9-14-17-13(10-26-14)16(21)25-2)15(20)11-3-5-12(6-4-11)19(22)23/h3-6,10H,7-9H2,1-2H3. The first-order valence-electron chi connectivity index (χ1n) is 7.51. The normalized spacial score (nSPS) is 10.4. The maximum atomic E-state index is 12.7. The number of hydrogen-bond donors (Lipinski definition) is 0. The number of thiazole rings is 1. The molecule has 0 aliphatic rings. The van der Waals surface area contributed by atoms with Gasteiger partial charge < -0.3 is 14.4 Å². The summed E-state index contributed by atoms with van der Waals surface area (Å²) in [4.78, 5) is 40.1. The average Bonchev–Trinajstić information content (AvgIpc) is 3.12. The molecule has 0 spiro atoms. The van der Waals surface area contributed by atoms with Crippen LogP contribution in [0.4, 0.5) is 5.69 Å². The minimum atomic E-state index is -0.544. The van der Waals surface area contributed by atoms with Gasteiger partial charge in [-0.25, -0.2) is 9.78 Å². The van der Waals surface area contributed by atoms with E-state index in [0.717, 1.165) is 0 Å². The molecule has 0 saturated heterocycles. The molecular weight excluding hydrogens is 362 g/mol. The predicted octanol–water partition coefficient (Wildman–Crippen LogP) is 2.13. The van der Waals surface area contributed by atoms with Gasteiger partial charge in [-0.1, -0.05) is 0 Å². The lowest BCUT2D eigenvalue weighted by Gasteiger charge is -2.21. The molecule has 0 fully saturated rings. The van der Waals surface area contributed by atoms with Crippen LogP contribution in [-0.2, 0) is 16.0 Å². The largest absolute Gasteiger partial charge is 0.464 e. The Morgan fingerprint density at radius 1 is 1.27 bits per heavy atom. The van der Waals surface area contributed by atoms with Crippen LogP contribution in [0.25, 0.3) is 0 Å². The molecule has 0 unspecified atom stereocenters. The molecule has 2 aromatic rings. The van der Waals surface area contributed by atoms with Gasteiger partial charge in [-0.3, -0.25) is 14.9 Å². The highest BCUT2D eigenvalue weighted by atomic mass is 32.1. The number of nitro groups is 1. The zero-order valence-corrected chi connectivity index (χ0v) is 15.0. The first-order valence-corrected chi connectivity index (χ1v) is 8.39. The Kier molecular flexibility index (Phi) is 6.75. The summed E-state index contributed by atoms with van der Waals surface area (Å²) in [6, 6.07) is 5.37. The van der Waals surface area contributed by atoms with Gasteiger partial charge in [0.2, 0.25) is 0 Å². The smallest absolute Gasteiger partial charge is 0.357 e. The summed E-state index contributed by atoms with van der Waals surface area (Å²) >= 11 is 1.24. The quantitative estimate of drug-likeness (QED) is 0.392. The Morgan fingerprint density at radius 3 is 2.54 bits per heavy atom. The molecule has 1 heterocycles. The number of methoxy groups -OCH3 is 2. The minimum absolute atomic E-state index is 0.0902. The zero-order chi connectivity index (χ0) is 19.1. The van der Waals surface area contributed by atoms with E-state index in [1.807, 2.05) is 0 Å². The number of aromatic nitrogens is 1. The van der Waals surface area contributed by atoms with Gasteiger partial charge in [0, 0.05) is 36.7 Å². The van der Waals surface area contributed by atoms with Crippen molar-refractivity contribution in [2.24, 2.45) is 0 Å². The van der Waals surface area contributed by atoms with Gasteiger partial charge >= 0.3 is 5.97 Å². The Bertz CT molecular complexity index is 790. The van der Waals surface area contributed by atoms with Crippen LogP contribution in [0.15, 0.2) is 29.6 Å². The lowest BCUT2D eigenvalue weighted by atomic mass is 10.2. The molecule has 1 aromatic heterocycles. The highest BCUT2D eigenvalue weighted by molar-refractivity contribution is 7.09. The highest BCUT2D eigenvalue weighted by Crippen LogP contribution is 2.17. The van der Waals surface area contributed by atoms with Crippen molar-refractivity contribution in [1.29, 1.82) is 0 Å². The van der Waals surface area contributed by atoms with E-state index in [2.05, 4.69) is 9.72 Å². The van der Waals surface area contributed by atoms with E-state index in [0.29, 0.717) is 23.7 Å². The maximum absolute atomic E-state index is 12.7. The second-order valence-corrected chi connectivity index (χ2v) is 6.08. The molecule has 2 rings (SSSR count). The molecule has 0 atom stereocenters. The van der Waals surface area contributed by atoms with Crippen LogP contribution in [0.3, 0.4) is 0 Å². The lowest BCUT2D eigenvalue weighted by molar-refractivity contribution is -0.384. The molecule has 138 valence electrons. The number of carbonyl (C=O) groups is 2. The summed E-state index contributed by atoms with van der Waals surface area (Å²) in [6.07, 6.45) is 0. The third-order valence-electron chi connectivity index (χ3n) is 3.45. The van der Waals surface area contributed by atoms with E-state index in [9.17, 15) is 19.7 Å². The van der Waals surface area contributed by atoms with E-state index >= 15 is 0 Å². The molecule has 0 saturated carbocycles. The Morgan fingerprint density at radius 2 is 1.96 bits per heavy atom. The lowest BCUT2D eigenvalue weighted by Crippen LogP contribution is -2.33. The number of non-ortho nitro benzene ring substituents is 1. The highest BCUT2D eigenvalue weighted by Gasteiger charge is 2.20. The van der Waals surface area contributed by atoms with Crippen molar-refractivity contribution in [2.75, 3.05) is 27.4 Å². The van der Waals surface area contributed by atoms with Crippen LogP contribution >= 0.6 is 11.3 Å². The molecule has 9 nitrogen and oxygen atoms in total. The second kappa shape index (κ2) is 9.02. The molecule has 10 heteroatoms. The van der Waals surface area contributed by atoms with Crippen molar-refractivity contribution >= 4 is 28.9 Å². The number of esters is 1. The van der Waals surface area contributed by atoms with Gasteiger partial charge in [0.1, 0.15) is 5.01 Å². The number of carbonyl (C=O) groups excluding carboxylic acids is 2. The van der Waals surface area contributed by atoms with E-state index < -0.39 is 10.9 Å².